The molecule has 2 aliphatic heterocycles. The molecule has 0 spiro atoms. The van der Waals surface area contributed by atoms with Crippen LogP contribution in [0, 0.1) is 11.6 Å². The highest BCUT2D eigenvalue weighted by molar-refractivity contribution is 6.31. The molecule has 0 unspecified atom stereocenters. The molecule has 2 aliphatic rings. The number of hydrogen-bond acceptors (Lipinski definition) is 7. The van der Waals surface area contributed by atoms with E-state index in [0.717, 1.165) is 0 Å². The molecule has 13 heteroatoms. The second-order valence-electron chi connectivity index (χ2n) is 8.64. The average Bonchev–Trinajstić information content (AvgIpc) is 3.65. The number of aliphatic hydroxyl groups is 1. The molecule has 4 aromatic rings. The Morgan fingerprint density at radius 1 is 1.22 bits per heavy atom. The molecule has 2 atom stereocenters. The van der Waals surface area contributed by atoms with Crippen molar-refractivity contribution in [3.8, 4) is 16.9 Å². The summed E-state index contributed by atoms with van der Waals surface area (Å²) in [6, 6.07) is 2.43. The number of H-pyrrole nitrogens is 1. The standard InChI is InChI=1S/C24H19ClF2N8O2/c25-15-2-4-18(34-11-30-32-33-34)21(23(15)27)12-7-13-1-3-19(35(13)20(37)8-12)24-29-9-16(31-24)14-5-6-28-17(10-36)22(14)26/h2,4-6,8-9,11,13,19,36H,1,3,7,10H2,(H,29,31)/t13-,19-/m0/s1/i13D. The number of pyridine rings is 1. The van der Waals surface area contributed by atoms with Crippen molar-refractivity contribution < 1.29 is 20.1 Å². The number of amides is 1. The van der Waals surface area contributed by atoms with Crippen molar-refractivity contribution >= 4 is 23.1 Å². The first kappa shape index (κ1) is 22.2. The summed E-state index contributed by atoms with van der Waals surface area (Å²) in [6.07, 6.45) is 6.18. The molecule has 0 aliphatic carbocycles. The van der Waals surface area contributed by atoms with Crippen molar-refractivity contribution in [1.82, 2.24) is 40.1 Å². The number of aromatic amines is 1. The number of benzene rings is 1. The Morgan fingerprint density at radius 3 is 2.86 bits per heavy atom. The van der Waals surface area contributed by atoms with E-state index in [1.54, 1.807) is 6.07 Å². The minimum Gasteiger partial charge on any atom is -0.390 e. The molecular weight excluding hydrogens is 506 g/mol. The first-order valence-corrected chi connectivity index (χ1v) is 11.7. The molecule has 10 nitrogen and oxygen atoms in total. The van der Waals surface area contributed by atoms with Gasteiger partial charge < -0.3 is 15.0 Å². The van der Waals surface area contributed by atoms with E-state index in [4.69, 9.17) is 11.6 Å². The van der Waals surface area contributed by atoms with Crippen molar-refractivity contribution in [2.45, 2.75) is 37.9 Å². The first-order chi connectivity index (χ1) is 18.3. The summed E-state index contributed by atoms with van der Waals surface area (Å²) >= 11 is 6.07. The van der Waals surface area contributed by atoms with Gasteiger partial charge in [-0.15, -0.1) is 5.10 Å². The number of nitrogens with one attached hydrogen (secondary N) is 1. The second-order valence-corrected chi connectivity index (χ2v) is 9.05. The fourth-order valence-electron chi connectivity index (χ4n) is 4.92. The SMILES string of the molecule is [2H][C@@]12CC[C@@H](c3ncc(-c4ccnc(CO)c4F)[nH]3)N1C(=O)C=C(c1c(-n3cnnn3)ccc(Cl)c1F)C2. The Bertz CT molecular complexity index is 1590. The maximum Gasteiger partial charge on any atom is 0.247 e. The zero-order valence-corrected chi connectivity index (χ0v) is 19.8. The van der Waals surface area contributed by atoms with Crippen LogP contribution in [-0.2, 0) is 11.4 Å². The molecule has 188 valence electrons. The quantitative estimate of drug-likeness (QED) is 0.409. The highest BCUT2D eigenvalue weighted by Crippen LogP contribution is 2.44. The summed E-state index contributed by atoms with van der Waals surface area (Å²) < 4.78 is 40.5. The number of imidazole rings is 1. The maximum atomic E-state index is 15.3. The molecule has 1 aromatic carbocycles. The number of rotatable bonds is 5. The number of nitrogens with zero attached hydrogens (tertiary/aromatic N) is 7. The van der Waals surface area contributed by atoms with E-state index in [1.807, 2.05) is 0 Å². The molecule has 5 heterocycles. The number of aliphatic hydroxyl groups excluding tert-OH is 1. The molecule has 0 radical (unpaired) electrons. The van der Waals surface area contributed by atoms with Gasteiger partial charge in [0.05, 0.1) is 36.6 Å². The molecule has 3 aromatic heterocycles. The first-order valence-electron chi connectivity index (χ1n) is 11.9. The minimum absolute atomic E-state index is 0.0358. The Labute approximate surface area is 215 Å². The van der Waals surface area contributed by atoms with E-state index in [9.17, 15) is 15.7 Å². The normalized spacial score (nSPS) is 21.7. The van der Waals surface area contributed by atoms with Crippen molar-refractivity contribution in [2.75, 3.05) is 0 Å². The smallest absolute Gasteiger partial charge is 0.247 e. The number of carbonyl (C=O) groups excluding carboxylic acids is 1. The van der Waals surface area contributed by atoms with Gasteiger partial charge in [0.1, 0.15) is 17.8 Å². The Kier molecular flexibility index (Phi) is 5.47. The summed E-state index contributed by atoms with van der Waals surface area (Å²) in [5.74, 6) is -1.50. The molecule has 1 fully saturated rings. The van der Waals surface area contributed by atoms with E-state index in [-0.39, 0.29) is 28.3 Å². The van der Waals surface area contributed by atoms with Crippen LogP contribution in [0.15, 0.2) is 43.0 Å². The van der Waals surface area contributed by atoms with E-state index in [0.29, 0.717) is 35.6 Å². The van der Waals surface area contributed by atoms with Crippen molar-refractivity contribution in [3.05, 3.63) is 76.7 Å². The van der Waals surface area contributed by atoms with Crippen LogP contribution in [0.3, 0.4) is 0 Å². The van der Waals surface area contributed by atoms with Crippen molar-refractivity contribution in [1.29, 1.82) is 0 Å². The van der Waals surface area contributed by atoms with Gasteiger partial charge in [-0.3, -0.25) is 9.78 Å². The lowest BCUT2D eigenvalue weighted by atomic mass is 9.92. The molecule has 6 rings (SSSR count). The average molecular weight is 526 g/mol. The summed E-state index contributed by atoms with van der Waals surface area (Å²) in [5.41, 5.74) is 1.09. The third-order valence-corrected chi connectivity index (χ3v) is 6.88. The molecule has 0 bridgehead atoms. The third kappa shape index (κ3) is 3.89. The zero-order chi connectivity index (χ0) is 26.6. The molecule has 1 saturated heterocycles. The molecular formula is C24H19ClF2N8O2. The molecule has 37 heavy (non-hydrogen) atoms. The number of tetrazole rings is 1. The lowest BCUT2D eigenvalue weighted by molar-refractivity contribution is -0.129. The second kappa shape index (κ2) is 9.12. The zero-order valence-electron chi connectivity index (χ0n) is 20.1. The predicted octanol–water partition coefficient (Wildman–Crippen LogP) is 3.39. The van der Waals surface area contributed by atoms with E-state index < -0.39 is 36.2 Å². The number of hydrogen-bond donors (Lipinski definition) is 2. The monoisotopic (exact) mass is 525 g/mol. The number of aromatic nitrogens is 7. The topological polar surface area (TPSA) is 126 Å². The largest absolute Gasteiger partial charge is 0.390 e. The molecule has 1 amide bonds. The number of carbonyl (C=O) groups is 1. The Balaban J connectivity index is 1.36. The van der Waals surface area contributed by atoms with Crippen LogP contribution < -0.4 is 0 Å². The summed E-state index contributed by atoms with van der Waals surface area (Å²) in [4.78, 5) is 26.1. The predicted molar refractivity (Wildman–Crippen MR) is 127 cm³/mol. The maximum absolute atomic E-state index is 15.3. The van der Waals surface area contributed by atoms with Crippen LogP contribution >= 0.6 is 11.6 Å². The van der Waals surface area contributed by atoms with Gasteiger partial charge in [-0.05, 0) is 53.5 Å². The van der Waals surface area contributed by atoms with Crippen LogP contribution in [0.2, 0.25) is 5.02 Å². The van der Waals surface area contributed by atoms with Crippen LogP contribution in [0.25, 0.3) is 22.5 Å². The highest BCUT2D eigenvalue weighted by Gasteiger charge is 2.42. The van der Waals surface area contributed by atoms with Crippen LogP contribution in [-0.4, -0.2) is 57.1 Å². The summed E-state index contributed by atoms with van der Waals surface area (Å²) in [7, 11) is 0. The Morgan fingerprint density at radius 2 is 2.08 bits per heavy atom. The molecule has 2 N–H and O–H groups in total. The number of halogens is 3. The van der Waals surface area contributed by atoms with Crippen LogP contribution in [0.1, 0.15) is 43.8 Å². The minimum atomic E-state index is -1.38. The summed E-state index contributed by atoms with van der Waals surface area (Å²) in [6.45, 7) is -0.552. The lowest BCUT2D eigenvalue weighted by Gasteiger charge is -2.33. The fraction of sp³-hybridized carbons (Fsp3) is 0.250. The van der Waals surface area contributed by atoms with E-state index in [2.05, 4.69) is 30.5 Å². The van der Waals surface area contributed by atoms with Crippen molar-refractivity contribution in [3.63, 3.8) is 0 Å². The number of fused-ring (bicyclic) bond motifs is 1. The lowest BCUT2D eigenvalue weighted by Crippen LogP contribution is -2.39. The van der Waals surface area contributed by atoms with Gasteiger partial charge in [0.2, 0.25) is 5.91 Å². The Hall–Kier alpha value is -4.03. The third-order valence-electron chi connectivity index (χ3n) is 6.59. The van der Waals surface area contributed by atoms with Gasteiger partial charge in [-0.1, -0.05) is 11.6 Å². The van der Waals surface area contributed by atoms with Gasteiger partial charge in [-0.2, -0.15) is 4.68 Å². The van der Waals surface area contributed by atoms with Gasteiger partial charge >= 0.3 is 0 Å². The fourth-order valence-corrected chi connectivity index (χ4v) is 5.08. The summed E-state index contributed by atoms with van der Waals surface area (Å²) in [5, 5.41) is 20.2. The van der Waals surface area contributed by atoms with Gasteiger partial charge in [-0.25, -0.2) is 13.8 Å². The van der Waals surface area contributed by atoms with Crippen LogP contribution in [0.4, 0.5) is 8.78 Å². The molecule has 0 saturated carbocycles. The van der Waals surface area contributed by atoms with Gasteiger partial charge in [0.25, 0.3) is 0 Å². The highest BCUT2D eigenvalue weighted by atomic mass is 35.5. The van der Waals surface area contributed by atoms with E-state index >= 15 is 4.39 Å². The van der Waals surface area contributed by atoms with E-state index in [1.165, 1.54) is 46.5 Å². The van der Waals surface area contributed by atoms with Gasteiger partial charge in [0.15, 0.2) is 11.6 Å². The van der Waals surface area contributed by atoms with Crippen molar-refractivity contribution in [2.24, 2.45) is 0 Å². The van der Waals surface area contributed by atoms with Gasteiger partial charge in [0, 0.05) is 29.4 Å². The van der Waals surface area contributed by atoms with Crippen LogP contribution in [0.5, 0.6) is 0 Å².